The molecule has 0 amide bonds. The number of aliphatic imine (C=N–C) groups is 1. The minimum absolute atomic E-state index is 0.131. The normalized spacial score (nSPS) is 15.5. The highest BCUT2D eigenvalue weighted by Gasteiger charge is 2.18. The lowest BCUT2D eigenvalue weighted by atomic mass is 10.2. The van der Waals surface area contributed by atoms with Gasteiger partial charge >= 0.3 is 0 Å². The number of anilines is 1. The van der Waals surface area contributed by atoms with E-state index in [1.54, 1.807) is 17.4 Å². The number of rotatable bonds is 8. The van der Waals surface area contributed by atoms with Crippen molar-refractivity contribution in [3.63, 3.8) is 0 Å². The Bertz CT molecular complexity index is 815. The van der Waals surface area contributed by atoms with Crippen LogP contribution in [-0.2, 0) is 6.54 Å². The van der Waals surface area contributed by atoms with Crippen molar-refractivity contribution < 1.29 is 4.39 Å². The van der Waals surface area contributed by atoms with E-state index in [2.05, 4.69) is 44.4 Å². The van der Waals surface area contributed by atoms with Crippen molar-refractivity contribution in [3.05, 3.63) is 46.2 Å². The number of piperazine rings is 1. The highest BCUT2D eigenvalue weighted by Crippen LogP contribution is 2.20. The first-order valence-electron chi connectivity index (χ1n) is 10.7. The standard InChI is InChI=1S/C22H33FN6S/c1-4-24-22(27(3)16-19-17-30-18(2)26-19)25-10-7-11-28-12-14-29(15-13-28)21-9-6-5-8-20(21)23/h5-6,8-9,17H,4,7,10-16H2,1-3H3,(H,24,25). The number of nitrogens with one attached hydrogen (secondary N) is 1. The molecule has 0 aliphatic carbocycles. The van der Waals surface area contributed by atoms with Gasteiger partial charge in [0.1, 0.15) is 5.82 Å². The second kappa shape index (κ2) is 11.3. The monoisotopic (exact) mass is 432 g/mol. The van der Waals surface area contributed by atoms with Crippen molar-refractivity contribution in [3.8, 4) is 0 Å². The molecule has 0 spiro atoms. The van der Waals surface area contributed by atoms with Gasteiger partial charge in [-0.1, -0.05) is 12.1 Å². The van der Waals surface area contributed by atoms with Crippen LogP contribution in [0, 0.1) is 12.7 Å². The molecule has 6 nitrogen and oxygen atoms in total. The van der Waals surface area contributed by atoms with E-state index >= 15 is 0 Å². The van der Waals surface area contributed by atoms with Crippen molar-refractivity contribution in [1.29, 1.82) is 0 Å². The number of guanidine groups is 1. The van der Waals surface area contributed by atoms with Crippen LogP contribution < -0.4 is 10.2 Å². The minimum atomic E-state index is -0.131. The molecule has 1 saturated heterocycles. The van der Waals surface area contributed by atoms with Crippen molar-refractivity contribution in [2.75, 3.05) is 57.8 Å². The van der Waals surface area contributed by atoms with E-state index in [0.29, 0.717) is 0 Å². The highest BCUT2D eigenvalue weighted by molar-refractivity contribution is 7.09. The Balaban J connectivity index is 1.42. The summed E-state index contributed by atoms with van der Waals surface area (Å²) in [6.07, 6.45) is 1.01. The fraction of sp³-hybridized carbons (Fsp3) is 0.545. The fourth-order valence-corrected chi connectivity index (χ4v) is 4.27. The molecular weight excluding hydrogens is 399 g/mol. The Morgan fingerprint density at radius 1 is 1.27 bits per heavy atom. The van der Waals surface area contributed by atoms with Crippen LogP contribution in [0.25, 0.3) is 0 Å². The molecule has 0 bridgehead atoms. The van der Waals surface area contributed by atoms with Gasteiger partial charge in [0, 0.05) is 58.2 Å². The Hall–Kier alpha value is -2.19. The zero-order valence-electron chi connectivity index (χ0n) is 18.3. The van der Waals surface area contributed by atoms with Gasteiger partial charge in [-0.3, -0.25) is 9.89 Å². The number of hydrogen-bond acceptors (Lipinski definition) is 5. The molecule has 0 atom stereocenters. The molecule has 1 N–H and O–H groups in total. The number of para-hydroxylation sites is 1. The van der Waals surface area contributed by atoms with Crippen LogP contribution in [0.1, 0.15) is 24.0 Å². The summed E-state index contributed by atoms with van der Waals surface area (Å²) < 4.78 is 14.0. The third-order valence-corrected chi connectivity index (χ3v) is 6.04. The average molecular weight is 433 g/mol. The summed E-state index contributed by atoms with van der Waals surface area (Å²) in [4.78, 5) is 16.1. The maximum absolute atomic E-state index is 14.0. The molecule has 2 heterocycles. The maximum atomic E-state index is 14.0. The number of thiazole rings is 1. The van der Waals surface area contributed by atoms with Crippen molar-refractivity contribution in [2.24, 2.45) is 4.99 Å². The topological polar surface area (TPSA) is 47.0 Å². The van der Waals surface area contributed by atoms with Crippen LogP contribution in [0.5, 0.6) is 0 Å². The van der Waals surface area contributed by atoms with Crippen LogP contribution >= 0.6 is 11.3 Å². The van der Waals surface area contributed by atoms with Crippen LogP contribution in [-0.4, -0.2) is 73.6 Å². The van der Waals surface area contributed by atoms with Gasteiger partial charge in [0.25, 0.3) is 0 Å². The molecule has 2 aromatic rings. The summed E-state index contributed by atoms with van der Waals surface area (Å²) in [5, 5.41) is 6.57. The summed E-state index contributed by atoms with van der Waals surface area (Å²) in [5.41, 5.74) is 1.80. The quantitative estimate of drug-likeness (QED) is 0.394. The third kappa shape index (κ3) is 6.40. The SMILES string of the molecule is CCNC(=NCCCN1CCN(c2ccccc2F)CC1)N(C)Cc1csc(C)n1. The van der Waals surface area contributed by atoms with E-state index in [0.717, 1.165) is 81.1 Å². The van der Waals surface area contributed by atoms with E-state index in [9.17, 15) is 4.39 Å². The average Bonchev–Trinajstić information content (AvgIpc) is 3.15. The summed E-state index contributed by atoms with van der Waals surface area (Å²) >= 11 is 1.68. The van der Waals surface area contributed by atoms with Crippen LogP contribution in [0.15, 0.2) is 34.6 Å². The predicted molar refractivity (Wildman–Crippen MR) is 124 cm³/mol. The summed E-state index contributed by atoms with van der Waals surface area (Å²) in [7, 11) is 2.05. The molecule has 3 rings (SSSR count). The molecule has 8 heteroatoms. The molecule has 1 fully saturated rings. The van der Waals surface area contributed by atoms with Crippen LogP contribution in [0.3, 0.4) is 0 Å². The first-order valence-corrected chi connectivity index (χ1v) is 11.6. The Kier molecular flexibility index (Phi) is 8.45. The van der Waals surface area contributed by atoms with Gasteiger partial charge in [-0.05, 0) is 32.4 Å². The van der Waals surface area contributed by atoms with Gasteiger partial charge in [-0.15, -0.1) is 11.3 Å². The Morgan fingerprint density at radius 2 is 2.03 bits per heavy atom. The lowest BCUT2D eigenvalue weighted by molar-refractivity contribution is 0.255. The lowest BCUT2D eigenvalue weighted by Gasteiger charge is -2.36. The predicted octanol–water partition coefficient (Wildman–Crippen LogP) is 3.20. The maximum Gasteiger partial charge on any atom is 0.194 e. The molecule has 1 aromatic heterocycles. The van der Waals surface area contributed by atoms with Crippen molar-refractivity contribution in [2.45, 2.75) is 26.8 Å². The number of aromatic nitrogens is 1. The van der Waals surface area contributed by atoms with Crippen LogP contribution in [0.2, 0.25) is 0 Å². The Morgan fingerprint density at radius 3 is 2.70 bits per heavy atom. The van der Waals surface area contributed by atoms with E-state index in [4.69, 9.17) is 4.99 Å². The number of halogens is 1. The smallest absolute Gasteiger partial charge is 0.194 e. The van der Waals surface area contributed by atoms with Gasteiger partial charge in [-0.2, -0.15) is 0 Å². The molecule has 0 saturated carbocycles. The molecule has 0 unspecified atom stereocenters. The molecule has 1 aliphatic heterocycles. The molecule has 1 aromatic carbocycles. The third-order valence-electron chi connectivity index (χ3n) is 5.22. The number of aryl methyl sites for hydroxylation is 1. The van der Waals surface area contributed by atoms with E-state index < -0.39 is 0 Å². The second-order valence-corrected chi connectivity index (χ2v) is 8.65. The zero-order chi connectivity index (χ0) is 21.3. The largest absolute Gasteiger partial charge is 0.367 e. The van der Waals surface area contributed by atoms with E-state index in [1.165, 1.54) is 6.07 Å². The minimum Gasteiger partial charge on any atom is -0.367 e. The lowest BCUT2D eigenvalue weighted by Crippen LogP contribution is -2.47. The van der Waals surface area contributed by atoms with Gasteiger partial charge in [0.2, 0.25) is 0 Å². The second-order valence-electron chi connectivity index (χ2n) is 7.58. The van der Waals surface area contributed by atoms with Gasteiger partial charge in [-0.25, -0.2) is 9.37 Å². The van der Waals surface area contributed by atoms with Gasteiger partial charge < -0.3 is 15.1 Å². The Labute approximate surface area is 183 Å². The van der Waals surface area contributed by atoms with E-state index in [-0.39, 0.29) is 5.82 Å². The zero-order valence-corrected chi connectivity index (χ0v) is 19.1. The summed E-state index contributed by atoms with van der Waals surface area (Å²) in [6.45, 7) is 11.2. The number of nitrogens with zero attached hydrogens (tertiary/aromatic N) is 5. The number of benzene rings is 1. The first kappa shape index (κ1) is 22.5. The van der Waals surface area contributed by atoms with Crippen molar-refractivity contribution in [1.82, 2.24) is 20.1 Å². The fourth-order valence-electron chi connectivity index (χ4n) is 3.67. The highest BCUT2D eigenvalue weighted by atomic mass is 32.1. The first-order chi connectivity index (χ1) is 14.6. The van der Waals surface area contributed by atoms with Gasteiger partial charge in [0.05, 0.1) is 22.9 Å². The molecular formula is C22H33FN6S. The van der Waals surface area contributed by atoms with Gasteiger partial charge in [0.15, 0.2) is 5.96 Å². The van der Waals surface area contributed by atoms with E-state index in [1.807, 2.05) is 19.1 Å². The molecule has 164 valence electrons. The van der Waals surface area contributed by atoms with Crippen LogP contribution in [0.4, 0.5) is 10.1 Å². The summed E-state index contributed by atoms with van der Waals surface area (Å²) in [5.74, 6) is 0.792. The molecule has 30 heavy (non-hydrogen) atoms. The molecule has 0 radical (unpaired) electrons. The molecule has 1 aliphatic rings. The summed E-state index contributed by atoms with van der Waals surface area (Å²) in [6, 6.07) is 7.05. The van der Waals surface area contributed by atoms with Crippen molar-refractivity contribution >= 4 is 23.0 Å². The number of hydrogen-bond donors (Lipinski definition) is 1.